The van der Waals surface area contributed by atoms with Crippen LogP contribution in [0.25, 0.3) is 0 Å². The zero-order valence-electron chi connectivity index (χ0n) is 15.5. The molecule has 0 amide bonds. The van der Waals surface area contributed by atoms with Crippen LogP contribution in [-0.4, -0.2) is 49.7 Å². The minimum absolute atomic E-state index is 0.165. The van der Waals surface area contributed by atoms with Crippen LogP contribution in [-0.2, 0) is 17.7 Å². The maximum Gasteiger partial charge on any atom is 0.188 e. The Morgan fingerprint density at radius 1 is 1.29 bits per heavy atom. The summed E-state index contributed by atoms with van der Waals surface area (Å²) in [6.45, 7) is 9.99. The van der Waals surface area contributed by atoms with Gasteiger partial charge in [-0.15, -0.1) is 0 Å². The molecule has 1 aliphatic heterocycles. The number of nitrogens with zero attached hydrogens (tertiary/aromatic N) is 2. The molecule has 0 aliphatic carbocycles. The molecule has 0 spiro atoms. The molecule has 0 bridgehead atoms. The Kier molecular flexibility index (Phi) is 7.06. The first-order chi connectivity index (χ1) is 11.5. The van der Waals surface area contributed by atoms with E-state index in [1.54, 1.807) is 7.11 Å². The number of hydrogen-bond acceptors (Lipinski definition) is 3. The minimum atomic E-state index is 0.165. The third-order valence-electron chi connectivity index (χ3n) is 4.66. The average Bonchev–Trinajstić information content (AvgIpc) is 2.54. The summed E-state index contributed by atoms with van der Waals surface area (Å²) in [5.74, 6) is 1.03. The van der Waals surface area contributed by atoms with Gasteiger partial charge in [0.15, 0.2) is 5.96 Å². The van der Waals surface area contributed by atoms with Gasteiger partial charge in [-0.05, 0) is 30.4 Å². The van der Waals surface area contributed by atoms with Gasteiger partial charge in [0.2, 0.25) is 0 Å². The molecule has 1 aromatic carbocycles. The normalized spacial score (nSPS) is 18.3. The second-order valence-corrected chi connectivity index (χ2v) is 7.03. The van der Waals surface area contributed by atoms with Crippen molar-refractivity contribution in [1.29, 1.82) is 0 Å². The minimum Gasteiger partial charge on any atom is -0.383 e. The van der Waals surface area contributed by atoms with Gasteiger partial charge in [0.05, 0.1) is 13.2 Å². The summed E-state index contributed by atoms with van der Waals surface area (Å²) in [5, 5.41) is 3.18. The number of rotatable bonds is 7. The molecule has 0 aromatic heterocycles. The van der Waals surface area contributed by atoms with Crippen LogP contribution in [0.5, 0.6) is 0 Å². The van der Waals surface area contributed by atoms with Crippen molar-refractivity contribution in [3.63, 3.8) is 0 Å². The topological polar surface area (TPSA) is 62.9 Å². The predicted octanol–water partition coefficient (Wildman–Crippen LogP) is 2.01. The Balaban J connectivity index is 1.98. The summed E-state index contributed by atoms with van der Waals surface area (Å²) in [4.78, 5) is 7.13. The summed E-state index contributed by atoms with van der Waals surface area (Å²) >= 11 is 0. The van der Waals surface area contributed by atoms with Crippen molar-refractivity contribution in [2.45, 2.75) is 45.8 Å². The molecule has 5 nitrogen and oxygen atoms in total. The Morgan fingerprint density at radius 2 is 2.00 bits per heavy atom. The van der Waals surface area contributed by atoms with Crippen LogP contribution in [0.1, 0.15) is 31.9 Å². The molecule has 0 saturated carbocycles. The van der Waals surface area contributed by atoms with E-state index in [1.807, 2.05) is 6.92 Å². The third kappa shape index (κ3) is 5.21. The highest BCUT2D eigenvalue weighted by Gasteiger charge is 2.25. The highest BCUT2D eigenvalue weighted by atomic mass is 16.5. The molecule has 5 heteroatoms. The third-order valence-corrected chi connectivity index (χ3v) is 4.66. The van der Waals surface area contributed by atoms with Gasteiger partial charge in [0.25, 0.3) is 0 Å². The zero-order valence-corrected chi connectivity index (χ0v) is 15.5. The van der Waals surface area contributed by atoms with Crippen molar-refractivity contribution >= 4 is 5.96 Å². The number of benzene rings is 1. The van der Waals surface area contributed by atoms with E-state index in [0.29, 0.717) is 24.5 Å². The van der Waals surface area contributed by atoms with Gasteiger partial charge in [-0.25, -0.2) is 0 Å². The lowest BCUT2D eigenvalue weighted by molar-refractivity contribution is 0.144. The fourth-order valence-corrected chi connectivity index (χ4v) is 3.33. The first-order valence-electron chi connectivity index (χ1n) is 8.87. The number of aliphatic imine (C=N–C) groups is 1. The Bertz CT molecular complexity index is 544. The van der Waals surface area contributed by atoms with E-state index in [9.17, 15) is 0 Å². The smallest absolute Gasteiger partial charge is 0.188 e. The van der Waals surface area contributed by atoms with Crippen molar-refractivity contribution < 1.29 is 4.74 Å². The fourth-order valence-electron chi connectivity index (χ4n) is 3.33. The lowest BCUT2D eigenvalue weighted by Gasteiger charge is -2.37. The number of ether oxygens (including phenoxy) is 1. The van der Waals surface area contributed by atoms with E-state index in [-0.39, 0.29) is 6.04 Å². The summed E-state index contributed by atoms with van der Waals surface area (Å²) in [7, 11) is 1.69. The van der Waals surface area contributed by atoms with Crippen molar-refractivity contribution in [2.75, 3.05) is 26.8 Å². The van der Waals surface area contributed by atoms with E-state index in [1.165, 1.54) is 11.1 Å². The first-order valence-corrected chi connectivity index (χ1v) is 8.87. The maximum atomic E-state index is 6.02. The average molecular weight is 332 g/mol. The molecular formula is C19H32N4O. The van der Waals surface area contributed by atoms with Gasteiger partial charge in [-0.2, -0.15) is 0 Å². The molecule has 24 heavy (non-hydrogen) atoms. The first kappa shape index (κ1) is 18.7. The number of methoxy groups -OCH3 is 1. The Labute approximate surface area is 146 Å². The lowest BCUT2D eigenvalue weighted by Crippen LogP contribution is -2.45. The van der Waals surface area contributed by atoms with E-state index in [2.05, 4.69) is 53.3 Å². The van der Waals surface area contributed by atoms with Gasteiger partial charge < -0.3 is 15.8 Å². The van der Waals surface area contributed by atoms with E-state index in [0.717, 1.165) is 26.1 Å². The summed E-state index contributed by atoms with van der Waals surface area (Å²) in [5.41, 5.74) is 8.95. The highest BCUT2D eigenvalue weighted by Crippen LogP contribution is 2.23. The molecule has 0 saturated heterocycles. The number of hydrogen-bond donors (Lipinski definition) is 2. The zero-order chi connectivity index (χ0) is 17.5. The van der Waals surface area contributed by atoms with Gasteiger partial charge in [-0.3, -0.25) is 9.89 Å². The van der Waals surface area contributed by atoms with Gasteiger partial charge >= 0.3 is 0 Å². The summed E-state index contributed by atoms with van der Waals surface area (Å²) < 4.78 is 5.12. The van der Waals surface area contributed by atoms with Crippen molar-refractivity contribution in [3.8, 4) is 0 Å². The summed E-state index contributed by atoms with van der Waals surface area (Å²) in [6.07, 6.45) is 1.11. The van der Waals surface area contributed by atoms with Gasteiger partial charge in [-0.1, -0.05) is 38.1 Å². The van der Waals surface area contributed by atoms with Crippen LogP contribution in [0.2, 0.25) is 0 Å². The van der Waals surface area contributed by atoms with Crippen molar-refractivity contribution in [2.24, 2.45) is 16.6 Å². The predicted molar refractivity (Wildman–Crippen MR) is 100 cm³/mol. The molecule has 1 heterocycles. The number of nitrogens with one attached hydrogen (secondary N) is 1. The number of nitrogens with two attached hydrogens (primary N) is 1. The standard InChI is InChI=1S/C19H32N4O/c1-14(2)18(11-21-19(20)22-15(3)13-24-4)23-10-9-16-7-5-6-8-17(16)12-23/h5-8,14-15,18H,9-13H2,1-4H3,(H3,20,21,22). The molecule has 134 valence electrons. The van der Waals surface area contributed by atoms with Crippen molar-refractivity contribution in [3.05, 3.63) is 35.4 Å². The second-order valence-electron chi connectivity index (χ2n) is 7.03. The molecule has 2 unspecified atom stereocenters. The monoisotopic (exact) mass is 332 g/mol. The largest absolute Gasteiger partial charge is 0.383 e. The van der Waals surface area contributed by atoms with Gasteiger partial charge in [0.1, 0.15) is 0 Å². The molecule has 2 atom stereocenters. The molecule has 1 aromatic rings. The fraction of sp³-hybridized carbons (Fsp3) is 0.632. The molecule has 1 aliphatic rings. The maximum absolute atomic E-state index is 6.02. The van der Waals surface area contributed by atoms with Gasteiger partial charge in [0, 0.05) is 32.3 Å². The number of fused-ring (bicyclic) bond motifs is 1. The Morgan fingerprint density at radius 3 is 2.67 bits per heavy atom. The Hall–Kier alpha value is -1.59. The van der Waals surface area contributed by atoms with Crippen LogP contribution in [0, 0.1) is 5.92 Å². The quantitative estimate of drug-likeness (QED) is 0.592. The molecule has 0 radical (unpaired) electrons. The van der Waals surface area contributed by atoms with Crippen LogP contribution in [0.3, 0.4) is 0 Å². The van der Waals surface area contributed by atoms with E-state index >= 15 is 0 Å². The van der Waals surface area contributed by atoms with Crippen LogP contribution in [0.4, 0.5) is 0 Å². The highest BCUT2D eigenvalue weighted by molar-refractivity contribution is 5.78. The summed E-state index contributed by atoms with van der Waals surface area (Å²) in [6, 6.07) is 9.31. The SMILES string of the molecule is COCC(C)NC(N)=NCC(C(C)C)N1CCc2ccccc2C1. The van der Waals surface area contributed by atoms with Crippen LogP contribution >= 0.6 is 0 Å². The van der Waals surface area contributed by atoms with Crippen LogP contribution in [0.15, 0.2) is 29.3 Å². The molecule has 0 fully saturated rings. The van der Waals surface area contributed by atoms with E-state index in [4.69, 9.17) is 10.5 Å². The van der Waals surface area contributed by atoms with Crippen LogP contribution < -0.4 is 11.1 Å². The molecule has 2 rings (SSSR count). The molecule has 3 N–H and O–H groups in total. The molecular weight excluding hydrogens is 300 g/mol. The number of guanidine groups is 1. The van der Waals surface area contributed by atoms with E-state index < -0.39 is 0 Å². The van der Waals surface area contributed by atoms with Crippen molar-refractivity contribution in [1.82, 2.24) is 10.2 Å². The second kappa shape index (κ2) is 9.04. The lowest BCUT2D eigenvalue weighted by atomic mass is 9.95.